The number of carbonyl (C=O) groups is 1. The number of pyridine rings is 2. The summed E-state index contributed by atoms with van der Waals surface area (Å²) in [6, 6.07) is 5.70. The number of carbonyl (C=O) groups excluding carboxylic acids is 1. The van der Waals surface area contributed by atoms with Gasteiger partial charge in [0.05, 0.1) is 27.8 Å². The number of nitrogens with zero attached hydrogens (tertiary/aromatic N) is 3. The van der Waals surface area contributed by atoms with E-state index >= 15 is 0 Å². The second kappa shape index (κ2) is 7.27. The number of nitrogens with two attached hydrogens (primary N) is 1. The van der Waals surface area contributed by atoms with Crippen molar-refractivity contribution in [3.8, 4) is 0 Å². The standard InChI is InChI=1S/C18H20N6OS/c19-17-15(16-14(26-17)3-1-6-22-16)18(25)23-12-11-21-7-4-13(12)24-9-2-5-20-8-10-24/h1,3-4,6-7,11,20H,2,5,8-10,19H2,(H,23,25). The highest BCUT2D eigenvalue weighted by Gasteiger charge is 2.21. The largest absolute Gasteiger partial charge is 0.390 e. The number of nitrogen functional groups attached to an aromatic ring is 1. The SMILES string of the molecule is Nc1sc2cccnc2c1C(=O)Nc1cnccc1N1CCCNCC1. The summed E-state index contributed by atoms with van der Waals surface area (Å²) in [7, 11) is 0. The number of rotatable bonds is 3. The van der Waals surface area contributed by atoms with E-state index in [9.17, 15) is 4.79 Å². The van der Waals surface area contributed by atoms with Crippen LogP contribution in [0.15, 0.2) is 36.8 Å². The normalized spacial score (nSPS) is 15.0. The van der Waals surface area contributed by atoms with Gasteiger partial charge in [0.1, 0.15) is 10.6 Å². The van der Waals surface area contributed by atoms with Crippen molar-refractivity contribution in [1.29, 1.82) is 0 Å². The molecule has 0 bridgehead atoms. The van der Waals surface area contributed by atoms with Crippen molar-refractivity contribution < 1.29 is 4.79 Å². The van der Waals surface area contributed by atoms with Crippen LogP contribution in [-0.2, 0) is 0 Å². The van der Waals surface area contributed by atoms with Gasteiger partial charge < -0.3 is 21.3 Å². The van der Waals surface area contributed by atoms with E-state index in [1.807, 2.05) is 18.2 Å². The van der Waals surface area contributed by atoms with Crippen LogP contribution in [0.1, 0.15) is 16.8 Å². The second-order valence-corrected chi connectivity index (χ2v) is 7.21. The predicted molar refractivity (Wildman–Crippen MR) is 106 cm³/mol. The number of aromatic nitrogens is 2. The lowest BCUT2D eigenvalue weighted by Crippen LogP contribution is -2.29. The van der Waals surface area contributed by atoms with Gasteiger partial charge in [0, 0.05) is 32.0 Å². The summed E-state index contributed by atoms with van der Waals surface area (Å²) in [6.07, 6.45) is 6.16. The van der Waals surface area contributed by atoms with Crippen molar-refractivity contribution in [1.82, 2.24) is 15.3 Å². The van der Waals surface area contributed by atoms with E-state index in [4.69, 9.17) is 5.73 Å². The summed E-state index contributed by atoms with van der Waals surface area (Å²) in [6.45, 7) is 3.75. The van der Waals surface area contributed by atoms with Crippen molar-refractivity contribution in [3.63, 3.8) is 0 Å². The first kappa shape index (κ1) is 16.7. The van der Waals surface area contributed by atoms with Crippen LogP contribution in [0.3, 0.4) is 0 Å². The Morgan fingerprint density at radius 3 is 3.12 bits per heavy atom. The van der Waals surface area contributed by atoms with Crippen LogP contribution in [0.25, 0.3) is 10.2 Å². The van der Waals surface area contributed by atoms with Crippen LogP contribution < -0.4 is 21.3 Å². The number of thiophene rings is 1. The Hall–Kier alpha value is -2.71. The molecule has 134 valence electrons. The molecular formula is C18H20N6OS. The summed E-state index contributed by atoms with van der Waals surface area (Å²) in [5, 5.41) is 6.85. The van der Waals surface area contributed by atoms with E-state index in [1.54, 1.807) is 18.6 Å². The monoisotopic (exact) mass is 368 g/mol. The smallest absolute Gasteiger partial charge is 0.260 e. The van der Waals surface area contributed by atoms with Crippen molar-refractivity contribution in [2.24, 2.45) is 0 Å². The van der Waals surface area contributed by atoms with Crippen LogP contribution in [0, 0.1) is 0 Å². The van der Waals surface area contributed by atoms with Gasteiger partial charge in [-0.1, -0.05) is 0 Å². The molecule has 0 spiro atoms. The Morgan fingerprint density at radius 1 is 1.27 bits per heavy atom. The minimum atomic E-state index is -0.255. The maximum Gasteiger partial charge on any atom is 0.260 e. The molecule has 1 saturated heterocycles. The van der Waals surface area contributed by atoms with E-state index in [2.05, 4.69) is 25.5 Å². The Bertz CT molecular complexity index is 932. The minimum absolute atomic E-state index is 0.255. The Morgan fingerprint density at radius 2 is 2.19 bits per heavy atom. The molecule has 1 aliphatic heterocycles. The molecule has 0 aromatic carbocycles. The lowest BCUT2D eigenvalue weighted by molar-refractivity contribution is 0.102. The average Bonchev–Trinajstić information content (AvgIpc) is 2.81. The average molecular weight is 368 g/mol. The van der Waals surface area contributed by atoms with Crippen LogP contribution in [-0.4, -0.2) is 42.1 Å². The maximum atomic E-state index is 12.9. The van der Waals surface area contributed by atoms with Crippen molar-refractivity contribution in [2.45, 2.75) is 6.42 Å². The van der Waals surface area contributed by atoms with Gasteiger partial charge in [-0.3, -0.25) is 14.8 Å². The van der Waals surface area contributed by atoms with Gasteiger partial charge in [-0.25, -0.2) is 0 Å². The summed E-state index contributed by atoms with van der Waals surface area (Å²) >= 11 is 1.37. The molecule has 3 aromatic heterocycles. The summed E-state index contributed by atoms with van der Waals surface area (Å²) in [4.78, 5) is 23.7. The molecule has 0 saturated carbocycles. The highest BCUT2D eigenvalue weighted by atomic mass is 32.1. The quantitative estimate of drug-likeness (QED) is 0.657. The molecule has 8 heteroatoms. The Labute approximate surface area is 155 Å². The number of hydrogen-bond donors (Lipinski definition) is 3. The highest BCUT2D eigenvalue weighted by molar-refractivity contribution is 7.23. The highest BCUT2D eigenvalue weighted by Crippen LogP contribution is 2.33. The van der Waals surface area contributed by atoms with Crippen LogP contribution >= 0.6 is 11.3 Å². The number of anilines is 3. The molecule has 4 heterocycles. The topological polar surface area (TPSA) is 96.2 Å². The molecule has 0 aliphatic carbocycles. The van der Waals surface area contributed by atoms with E-state index in [-0.39, 0.29) is 5.91 Å². The molecule has 1 fully saturated rings. The third-order valence-electron chi connectivity index (χ3n) is 4.43. The summed E-state index contributed by atoms with van der Waals surface area (Å²) in [5.74, 6) is -0.255. The molecule has 4 rings (SSSR count). The van der Waals surface area contributed by atoms with Crippen LogP contribution in [0.5, 0.6) is 0 Å². The Kier molecular flexibility index (Phi) is 4.68. The molecular weight excluding hydrogens is 348 g/mol. The number of nitrogens with one attached hydrogen (secondary N) is 2. The summed E-state index contributed by atoms with van der Waals surface area (Å²) in [5.41, 5.74) is 8.82. The van der Waals surface area contributed by atoms with Gasteiger partial charge >= 0.3 is 0 Å². The zero-order chi connectivity index (χ0) is 17.9. The number of amides is 1. The van der Waals surface area contributed by atoms with Crippen molar-refractivity contribution in [2.75, 3.05) is 42.1 Å². The molecule has 7 nitrogen and oxygen atoms in total. The fourth-order valence-corrected chi connectivity index (χ4v) is 4.12. The molecule has 4 N–H and O–H groups in total. The first-order valence-corrected chi connectivity index (χ1v) is 9.39. The van der Waals surface area contributed by atoms with Gasteiger partial charge in [-0.15, -0.1) is 11.3 Å². The van der Waals surface area contributed by atoms with Gasteiger partial charge in [-0.2, -0.15) is 0 Å². The first-order valence-electron chi connectivity index (χ1n) is 8.58. The third-order valence-corrected chi connectivity index (χ3v) is 5.40. The van der Waals surface area contributed by atoms with Crippen LogP contribution in [0.2, 0.25) is 0 Å². The van der Waals surface area contributed by atoms with Gasteiger partial charge in [-0.05, 0) is 31.2 Å². The zero-order valence-electron chi connectivity index (χ0n) is 14.2. The van der Waals surface area contributed by atoms with E-state index in [0.717, 1.165) is 43.0 Å². The van der Waals surface area contributed by atoms with Gasteiger partial charge in [0.15, 0.2) is 0 Å². The molecule has 26 heavy (non-hydrogen) atoms. The van der Waals surface area contributed by atoms with Crippen LogP contribution in [0.4, 0.5) is 16.4 Å². The van der Waals surface area contributed by atoms with E-state index in [0.29, 0.717) is 21.8 Å². The molecule has 1 amide bonds. The lowest BCUT2D eigenvalue weighted by Gasteiger charge is -2.24. The van der Waals surface area contributed by atoms with Crippen molar-refractivity contribution in [3.05, 3.63) is 42.4 Å². The maximum absolute atomic E-state index is 12.9. The second-order valence-electron chi connectivity index (χ2n) is 6.13. The summed E-state index contributed by atoms with van der Waals surface area (Å²) < 4.78 is 0.903. The lowest BCUT2D eigenvalue weighted by atomic mass is 10.2. The van der Waals surface area contributed by atoms with E-state index in [1.165, 1.54) is 11.3 Å². The zero-order valence-corrected chi connectivity index (χ0v) is 15.1. The van der Waals surface area contributed by atoms with Gasteiger partial charge in [0.2, 0.25) is 0 Å². The van der Waals surface area contributed by atoms with E-state index < -0.39 is 0 Å². The molecule has 0 radical (unpaired) electrons. The minimum Gasteiger partial charge on any atom is -0.390 e. The first-order chi connectivity index (χ1) is 12.7. The number of hydrogen-bond acceptors (Lipinski definition) is 7. The predicted octanol–water partition coefficient (Wildman–Crippen LogP) is 2.33. The molecule has 0 unspecified atom stereocenters. The Balaban J connectivity index is 1.65. The molecule has 3 aromatic rings. The molecule has 1 aliphatic rings. The van der Waals surface area contributed by atoms with Crippen molar-refractivity contribution >= 4 is 43.8 Å². The third kappa shape index (κ3) is 3.21. The molecule has 0 atom stereocenters. The fourth-order valence-electron chi connectivity index (χ4n) is 3.20. The fraction of sp³-hybridized carbons (Fsp3) is 0.278. The number of fused-ring (bicyclic) bond motifs is 1. The van der Waals surface area contributed by atoms with Gasteiger partial charge in [0.25, 0.3) is 5.91 Å².